The maximum atomic E-state index is 12.4. The Bertz CT molecular complexity index is 836. The number of amides is 2. The van der Waals surface area contributed by atoms with Crippen LogP contribution in [0.1, 0.15) is 17.0 Å². The molecule has 1 saturated heterocycles. The molecule has 2 aromatic rings. The lowest BCUT2D eigenvalue weighted by molar-refractivity contribution is -0.133. The number of rotatable bonds is 5. The Labute approximate surface area is 150 Å². The van der Waals surface area contributed by atoms with E-state index in [1.54, 1.807) is 12.1 Å². The number of hydrogen-bond donors (Lipinski definition) is 3. The molecule has 3 N–H and O–H groups in total. The quantitative estimate of drug-likeness (QED) is 0.429. The van der Waals surface area contributed by atoms with Crippen molar-refractivity contribution < 1.29 is 19.4 Å². The second-order valence-corrected chi connectivity index (χ2v) is 5.91. The molecule has 1 aliphatic heterocycles. The van der Waals surface area contributed by atoms with E-state index in [1.165, 1.54) is 19.4 Å². The van der Waals surface area contributed by atoms with Crippen molar-refractivity contribution in [2.75, 3.05) is 13.7 Å². The zero-order valence-corrected chi connectivity index (χ0v) is 14.2. The van der Waals surface area contributed by atoms with Gasteiger partial charge in [0.05, 0.1) is 13.3 Å². The summed E-state index contributed by atoms with van der Waals surface area (Å²) in [7, 11) is 1.46. The maximum Gasteiger partial charge on any atom is 0.253 e. The molecule has 2 amide bonds. The first-order valence-corrected chi connectivity index (χ1v) is 8.12. The Morgan fingerprint density at radius 1 is 1.31 bits per heavy atom. The summed E-state index contributed by atoms with van der Waals surface area (Å²) in [4.78, 5) is 24.5. The molecule has 7 nitrogen and oxygen atoms in total. The van der Waals surface area contributed by atoms with Crippen molar-refractivity contribution >= 4 is 18.0 Å². The molecular formula is C19H19N3O4. The molecule has 0 bridgehead atoms. The summed E-state index contributed by atoms with van der Waals surface area (Å²) in [6, 6.07) is 14.2. The van der Waals surface area contributed by atoms with Crippen molar-refractivity contribution in [2.24, 2.45) is 11.0 Å². The third-order valence-electron chi connectivity index (χ3n) is 4.28. The lowest BCUT2D eigenvalue weighted by atomic mass is 9.88. The minimum absolute atomic E-state index is 0.0258. The van der Waals surface area contributed by atoms with E-state index >= 15 is 0 Å². The predicted octanol–water partition coefficient (Wildman–Crippen LogP) is 1.38. The van der Waals surface area contributed by atoms with Gasteiger partial charge in [0.25, 0.3) is 5.91 Å². The van der Waals surface area contributed by atoms with Crippen LogP contribution in [-0.2, 0) is 9.59 Å². The Morgan fingerprint density at radius 3 is 2.77 bits per heavy atom. The van der Waals surface area contributed by atoms with Crippen molar-refractivity contribution in [2.45, 2.75) is 5.92 Å². The van der Waals surface area contributed by atoms with Crippen molar-refractivity contribution in [1.29, 1.82) is 0 Å². The van der Waals surface area contributed by atoms with Crippen LogP contribution in [0.25, 0.3) is 0 Å². The first-order chi connectivity index (χ1) is 12.6. The highest BCUT2D eigenvalue weighted by Crippen LogP contribution is 2.29. The van der Waals surface area contributed by atoms with Gasteiger partial charge in [0.2, 0.25) is 5.91 Å². The fourth-order valence-electron chi connectivity index (χ4n) is 2.96. The third kappa shape index (κ3) is 3.66. The summed E-state index contributed by atoms with van der Waals surface area (Å²) >= 11 is 0. The summed E-state index contributed by atoms with van der Waals surface area (Å²) < 4.78 is 4.97. The number of carbonyl (C=O) groups is 2. The van der Waals surface area contributed by atoms with Gasteiger partial charge in [0.1, 0.15) is 5.92 Å². The molecule has 0 spiro atoms. The largest absolute Gasteiger partial charge is 0.504 e. The van der Waals surface area contributed by atoms with Gasteiger partial charge in [-0.25, -0.2) is 5.43 Å². The normalized spacial score (nSPS) is 19.3. The van der Waals surface area contributed by atoms with Gasteiger partial charge in [0, 0.05) is 12.5 Å². The highest BCUT2D eigenvalue weighted by Gasteiger charge is 2.40. The van der Waals surface area contributed by atoms with E-state index in [2.05, 4.69) is 15.8 Å². The molecule has 2 atom stereocenters. The summed E-state index contributed by atoms with van der Waals surface area (Å²) in [6.45, 7) is 0.414. The molecular weight excluding hydrogens is 334 g/mol. The molecule has 7 heteroatoms. The maximum absolute atomic E-state index is 12.4. The Hall–Kier alpha value is -3.35. The molecule has 1 aliphatic rings. The lowest BCUT2D eigenvalue weighted by Gasteiger charge is -2.15. The standard InChI is InChI=1S/C19H19N3O4/c1-26-16-8-7-12(9-15(16)23)10-21-22-19(25)17-14(11-20-18(17)24)13-5-3-2-4-6-13/h2-10,14,17,23H,11H2,1H3,(H,20,24)(H,22,25)/b21-10+/t14-,17-/m1/s1. The van der Waals surface area contributed by atoms with E-state index in [9.17, 15) is 14.7 Å². The van der Waals surface area contributed by atoms with Gasteiger partial charge < -0.3 is 15.2 Å². The molecule has 3 rings (SSSR count). The van der Waals surface area contributed by atoms with Crippen molar-refractivity contribution in [3.05, 3.63) is 59.7 Å². The van der Waals surface area contributed by atoms with Crippen LogP contribution in [0.4, 0.5) is 0 Å². The molecule has 1 fully saturated rings. The van der Waals surface area contributed by atoms with E-state index in [4.69, 9.17) is 4.74 Å². The highest BCUT2D eigenvalue weighted by atomic mass is 16.5. The summed E-state index contributed by atoms with van der Waals surface area (Å²) in [5, 5.41) is 16.4. The molecule has 0 saturated carbocycles. The van der Waals surface area contributed by atoms with Crippen molar-refractivity contribution in [3.63, 3.8) is 0 Å². The van der Waals surface area contributed by atoms with Crippen molar-refractivity contribution in [3.8, 4) is 11.5 Å². The van der Waals surface area contributed by atoms with E-state index in [0.29, 0.717) is 17.9 Å². The number of nitrogens with zero attached hydrogens (tertiary/aromatic N) is 1. The molecule has 0 radical (unpaired) electrons. The second kappa shape index (κ2) is 7.69. The Kier molecular flexibility index (Phi) is 5.17. The highest BCUT2D eigenvalue weighted by molar-refractivity contribution is 6.03. The molecule has 0 aromatic heterocycles. The van der Waals surface area contributed by atoms with Gasteiger partial charge in [-0.1, -0.05) is 30.3 Å². The molecule has 1 heterocycles. The van der Waals surface area contributed by atoms with Crippen LogP contribution >= 0.6 is 0 Å². The number of benzene rings is 2. The fraction of sp³-hybridized carbons (Fsp3) is 0.211. The van der Waals surface area contributed by atoms with E-state index in [0.717, 1.165) is 5.56 Å². The van der Waals surface area contributed by atoms with Crippen LogP contribution < -0.4 is 15.5 Å². The van der Waals surface area contributed by atoms with Crippen LogP contribution in [0.2, 0.25) is 0 Å². The number of hydrazone groups is 1. The number of phenolic OH excluding ortho intramolecular Hbond substituents is 1. The SMILES string of the molecule is COc1ccc(/C=N/NC(=O)[C@H]2C(=O)NC[C@@H]2c2ccccc2)cc1O. The fourth-order valence-corrected chi connectivity index (χ4v) is 2.96. The van der Waals surface area contributed by atoms with Gasteiger partial charge in [-0.15, -0.1) is 0 Å². The minimum atomic E-state index is -0.834. The van der Waals surface area contributed by atoms with Gasteiger partial charge in [-0.05, 0) is 29.3 Å². The average Bonchev–Trinajstić information content (AvgIpc) is 3.04. The van der Waals surface area contributed by atoms with Crippen molar-refractivity contribution in [1.82, 2.24) is 10.7 Å². The number of carbonyl (C=O) groups excluding carboxylic acids is 2. The monoisotopic (exact) mass is 353 g/mol. The Morgan fingerprint density at radius 2 is 2.08 bits per heavy atom. The summed E-state index contributed by atoms with van der Waals surface area (Å²) in [6.07, 6.45) is 1.39. The van der Waals surface area contributed by atoms with Gasteiger partial charge in [-0.2, -0.15) is 5.10 Å². The van der Waals surface area contributed by atoms with Crippen LogP contribution in [0, 0.1) is 5.92 Å². The van der Waals surface area contributed by atoms with E-state index < -0.39 is 11.8 Å². The summed E-state index contributed by atoms with van der Waals surface area (Å²) in [5.41, 5.74) is 3.92. The predicted molar refractivity (Wildman–Crippen MR) is 96.1 cm³/mol. The lowest BCUT2D eigenvalue weighted by Crippen LogP contribution is -2.34. The summed E-state index contributed by atoms with van der Waals surface area (Å²) in [5.74, 6) is -1.53. The topological polar surface area (TPSA) is 100 Å². The van der Waals surface area contributed by atoms with Crippen LogP contribution in [-0.4, -0.2) is 36.8 Å². The number of ether oxygens (including phenoxy) is 1. The Balaban J connectivity index is 1.68. The number of methoxy groups -OCH3 is 1. The first-order valence-electron chi connectivity index (χ1n) is 8.12. The van der Waals surface area contributed by atoms with E-state index in [-0.39, 0.29) is 17.6 Å². The van der Waals surface area contributed by atoms with Gasteiger partial charge >= 0.3 is 0 Å². The smallest absolute Gasteiger partial charge is 0.253 e. The van der Waals surface area contributed by atoms with Gasteiger partial charge in [-0.3, -0.25) is 9.59 Å². The third-order valence-corrected chi connectivity index (χ3v) is 4.28. The molecule has 0 unspecified atom stereocenters. The zero-order chi connectivity index (χ0) is 18.5. The second-order valence-electron chi connectivity index (χ2n) is 5.91. The van der Waals surface area contributed by atoms with Gasteiger partial charge in [0.15, 0.2) is 11.5 Å². The number of hydrogen-bond acceptors (Lipinski definition) is 5. The number of aromatic hydroxyl groups is 1. The minimum Gasteiger partial charge on any atom is -0.504 e. The first kappa shape index (κ1) is 17.5. The molecule has 0 aliphatic carbocycles. The molecule has 26 heavy (non-hydrogen) atoms. The molecule has 134 valence electrons. The zero-order valence-electron chi connectivity index (χ0n) is 14.2. The van der Waals surface area contributed by atoms with Crippen LogP contribution in [0.15, 0.2) is 53.6 Å². The number of nitrogens with one attached hydrogen (secondary N) is 2. The van der Waals surface area contributed by atoms with Crippen LogP contribution in [0.5, 0.6) is 11.5 Å². The molecule has 2 aromatic carbocycles. The average molecular weight is 353 g/mol. The van der Waals surface area contributed by atoms with E-state index in [1.807, 2.05) is 30.3 Å². The van der Waals surface area contributed by atoms with Crippen LogP contribution in [0.3, 0.4) is 0 Å². The number of phenols is 1.